The molecule has 26 rings (SSSR count). The molecule has 0 N–H and O–H groups in total. The molecule has 18 aromatic carbocycles. The fourth-order valence-corrected chi connectivity index (χ4v) is 27.9. The molecule has 3 aliphatic rings. The highest BCUT2D eigenvalue weighted by Crippen LogP contribution is 2.72. The molecule has 0 spiro atoms. The molecule has 0 saturated carbocycles. The van der Waals surface area contributed by atoms with Crippen molar-refractivity contribution in [2.45, 2.75) is 19.3 Å². The second kappa shape index (κ2) is 30.8. The Morgan fingerprint density at radius 3 is 1.10 bits per heavy atom. The molecule has 23 aromatic rings. The summed E-state index contributed by atoms with van der Waals surface area (Å²) in [6, 6.07) is 151. The minimum atomic E-state index is -3.65. The third kappa shape index (κ3) is 12.3. The van der Waals surface area contributed by atoms with Crippen molar-refractivity contribution in [1.29, 1.82) is 0 Å². The minimum absolute atomic E-state index is 0.328. The van der Waals surface area contributed by atoms with Crippen LogP contribution in [0.25, 0.3) is 166 Å². The molecule has 7 heterocycles. The van der Waals surface area contributed by atoms with Gasteiger partial charge in [-0.15, -0.1) is 11.3 Å². The quantitative estimate of drug-likeness (QED) is 0.0904. The van der Waals surface area contributed by atoms with E-state index in [1.54, 1.807) is 11.3 Å². The van der Waals surface area contributed by atoms with Gasteiger partial charge in [0.2, 0.25) is 11.9 Å². The number of aromatic nitrogens is 8. The minimum Gasteiger partial charge on any atom is -0.278 e. The van der Waals surface area contributed by atoms with E-state index in [4.69, 9.17) is 29.9 Å². The summed E-state index contributed by atoms with van der Waals surface area (Å²) in [6.07, 6.45) is 0. The van der Waals surface area contributed by atoms with Crippen LogP contribution in [0.1, 0.15) is 25.0 Å². The number of benzene rings is 18. The highest BCUT2D eigenvalue weighted by atomic mass is 32.1. The Kier molecular flexibility index (Phi) is 18.1. The predicted molar refractivity (Wildman–Crippen MR) is 552 cm³/mol. The Hall–Kier alpha value is -16.5. The zero-order valence-corrected chi connectivity index (χ0v) is 75.2. The number of rotatable bonds is 15. The molecule has 0 saturated heterocycles. The summed E-state index contributed by atoms with van der Waals surface area (Å²) in [7, 11) is -7.30. The van der Waals surface area contributed by atoms with Crippen molar-refractivity contribution < 1.29 is 9.13 Å². The van der Waals surface area contributed by atoms with Gasteiger partial charge in [0.15, 0.2) is 23.3 Å². The summed E-state index contributed by atoms with van der Waals surface area (Å²) < 4.78 is 48.5. The molecule has 1 aliphatic carbocycles. The molecule has 634 valence electrons. The summed E-state index contributed by atoms with van der Waals surface area (Å²) >= 11 is 1.76. The SMILES string of the molecule is CC1(C)c2ccccc2-c2cc3c4cc(-c5ccc6c(c5)N(c5ccccc5)P(=O)(c5ccccc5)N6c5ccccc5)ccc4n(-c4nc(-c5ccccc5)nc(-c5cccc(-c6ccc7c(c6)sc6c7ccc7c8cc(-c9ccc%10c(c9)N(c9ccccc9)P(=O)(c9ccccc9)N%10c9ccccc9)ccc8n(-c8nc(-c9ccccc9)nc(-c9ccccc9)n8)c76)c5)n4)c3cc21. The van der Waals surface area contributed by atoms with E-state index < -0.39 is 14.9 Å². The van der Waals surface area contributed by atoms with Gasteiger partial charge in [-0.1, -0.05) is 305 Å². The highest BCUT2D eigenvalue weighted by Gasteiger charge is 2.51. The average molecular weight is 1780 g/mol. The lowest BCUT2D eigenvalue weighted by Gasteiger charge is -2.33. The largest absolute Gasteiger partial charge is 0.301 e. The van der Waals surface area contributed by atoms with Crippen LogP contribution >= 0.6 is 26.2 Å². The lowest BCUT2D eigenvalue weighted by atomic mass is 9.82. The molecular weight excluding hydrogens is 1700 g/mol. The molecule has 134 heavy (non-hydrogen) atoms. The van der Waals surface area contributed by atoms with Gasteiger partial charge in [0.05, 0.1) is 60.1 Å². The van der Waals surface area contributed by atoms with E-state index in [1.807, 2.05) is 229 Å². The van der Waals surface area contributed by atoms with E-state index in [0.29, 0.717) is 35.2 Å². The number of para-hydroxylation sites is 4. The molecule has 5 aromatic heterocycles. The second-order valence-electron chi connectivity index (χ2n) is 34.9. The Morgan fingerprint density at radius 2 is 0.604 bits per heavy atom. The van der Waals surface area contributed by atoms with Crippen molar-refractivity contribution in [2.75, 3.05) is 18.7 Å². The van der Waals surface area contributed by atoms with Gasteiger partial charge in [0, 0.05) is 87.4 Å². The molecule has 2 unspecified atom stereocenters. The number of thiophene rings is 1. The first-order chi connectivity index (χ1) is 65.9. The van der Waals surface area contributed by atoms with Crippen LogP contribution in [-0.4, -0.2) is 39.0 Å². The molecule has 2 atom stereocenters. The number of hydrogen-bond acceptors (Lipinski definition) is 9. The maximum atomic E-state index is 16.8. The fourth-order valence-electron chi connectivity index (χ4n) is 20.6. The van der Waals surface area contributed by atoms with E-state index in [1.165, 1.54) is 22.3 Å². The summed E-state index contributed by atoms with van der Waals surface area (Å²) in [5, 5.41) is 7.80. The number of fused-ring (bicyclic) bond motifs is 15. The maximum absolute atomic E-state index is 16.8. The van der Waals surface area contributed by atoms with Gasteiger partial charge in [-0.05, 0) is 201 Å². The first-order valence-corrected chi connectivity index (χ1v) is 49.0. The van der Waals surface area contributed by atoms with Crippen molar-refractivity contribution in [3.05, 3.63) is 448 Å². The van der Waals surface area contributed by atoms with E-state index in [2.05, 4.69) is 249 Å². The number of nitrogens with zero attached hydrogens (tertiary/aromatic N) is 12. The fraction of sp³-hybridized carbons (Fsp3) is 0.0256. The number of anilines is 8. The lowest BCUT2D eigenvalue weighted by Crippen LogP contribution is -2.26. The van der Waals surface area contributed by atoms with Gasteiger partial charge in [-0.3, -0.25) is 36.9 Å². The second-order valence-corrected chi connectivity index (χ2v) is 40.7. The summed E-state index contributed by atoms with van der Waals surface area (Å²) in [5.74, 6) is 3.14. The smallest absolute Gasteiger partial charge is 0.278 e. The van der Waals surface area contributed by atoms with Gasteiger partial charge in [0.25, 0.3) is 0 Å². The topological polar surface area (TPSA) is 134 Å². The van der Waals surface area contributed by atoms with Crippen molar-refractivity contribution in [1.82, 2.24) is 39.0 Å². The van der Waals surface area contributed by atoms with Crippen LogP contribution in [0.4, 0.5) is 45.5 Å². The monoisotopic (exact) mass is 1780 g/mol. The summed E-state index contributed by atoms with van der Waals surface area (Å²) in [5.41, 5.74) is 24.4. The molecular formula is C117H78N12O2P2S. The van der Waals surface area contributed by atoms with Crippen LogP contribution in [-0.2, 0) is 14.5 Å². The van der Waals surface area contributed by atoms with Crippen molar-refractivity contribution >= 4 is 146 Å². The third-order valence-corrected chi connectivity index (χ3v) is 33.9. The van der Waals surface area contributed by atoms with E-state index >= 15 is 9.13 Å². The number of hydrogen-bond donors (Lipinski definition) is 0. The van der Waals surface area contributed by atoms with Gasteiger partial charge in [-0.2, -0.15) is 19.9 Å². The van der Waals surface area contributed by atoms with E-state index in [9.17, 15) is 0 Å². The zero-order valence-electron chi connectivity index (χ0n) is 72.6. The van der Waals surface area contributed by atoms with Gasteiger partial charge in [0.1, 0.15) is 0 Å². The van der Waals surface area contributed by atoms with Crippen LogP contribution in [0.5, 0.6) is 0 Å². The normalized spacial score (nSPS) is 15.4. The van der Waals surface area contributed by atoms with Crippen LogP contribution in [0, 0.1) is 0 Å². The molecule has 14 nitrogen and oxygen atoms in total. The van der Waals surface area contributed by atoms with Crippen molar-refractivity contribution in [3.63, 3.8) is 0 Å². The molecule has 0 bridgehead atoms. The molecule has 0 fully saturated rings. The van der Waals surface area contributed by atoms with E-state index in [0.717, 1.165) is 176 Å². The summed E-state index contributed by atoms with van der Waals surface area (Å²) in [6.45, 7) is 4.66. The van der Waals surface area contributed by atoms with Gasteiger partial charge in [-0.25, -0.2) is 9.97 Å². The highest BCUT2D eigenvalue weighted by molar-refractivity contribution is 7.76. The lowest BCUT2D eigenvalue weighted by molar-refractivity contribution is 0.581. The standard InChI is InChI=1S/C117H78N12O2P2S/c1-117(2)99-54-31-30-53-91(99)95-73-98-97-69-80(82-59-66-104-107(71-82)129(88-47-24-9-25-48-88)133(131,90-51-28-11-29-52-90)127(104)86-43-20-7-21-44-86)56-63-101(97)124(105(98)74-100(95)117)115-120-113(77-37-16-5-17-38-77)119-114(123-115)84-40-32-39-78(67-84)83-55-60-92-94-62-61-93-96-68-79(81-58-65-103-106(70-81)128(87-45-22-8-23-46-87)132(130,89-49-26-10-27-50-89)126(103)85-41-18-6-19-42-85)57-64-102(96)125(109(93)110(94)134-108(92)72-83)116-121-111(75-33-12-3-13-34-75)118-112(122-116)76-35-14-4-15-36-76/h3-74H,1-2H3. The summed E-state index contributed by atoms with van der Waals surface area (Å²) in [4.78, 5) is 32.8. The van der Waals surface area contributed by atoms with Crippen LogP contribution < -0.4 is 29.3 Å². The molecule has 17 heteroatoms. The van der Waals surface area contributed by atoms with Crippen molar-refractivity contribution in [3.8, 4) is 102 Å². The van der Waals surface area contributed by atoms with Gasteiger partial charge >= 0.3 is 14.9 Å². The zero-order chi connectivity index (χ0) is 89.1. The first-order valence-electron chi connectivity index (χ1n) is 44.9. The van der Waals surface area contributed by atoms with Crippen LogP contribution in [0.2, 0.25) is 0 Å². The third-order valence-electron chi connectivity index (χ3n) is 26.8. The van der Waals surface area contributed by atoms with Gasteiger partial charge < -0.3 is 0 Å². The molecule has 2 aliphatic heterocycles. The Bertz CT molecular complexity index is 8760. The predicted octanol–water partition coefficient (Wildman–Crippen LogP) is 30.2. The van der Waals surface area contributed by atoms with Crippen LogP contribution in [0.3, 0.4) is 0 Å². The Morgan fingerprint density at radius 1 is 0.246 bits per heavy atom. The van der Waals surface area contributed by atoms with Crippen LogP contribution in [0.15, 0.2) is 437 Å². The molecule has 0 amide bonds. The maximum Gasteiger partial charge on any atom is 0.301 e. The van der Waals surface area contributed by atoms with Crippen molar-refractivity contribution in [2.24, 2.45) is 0 Å². The molecule has 0 radical (unpaired) electrons. The first kappa shape index (κ1) is 78.5. The average Bonchev–Trinajstić information content (AvgIpc) is 1.55. The Balaban J connectivity index is 0.624. The Labute approximate surface area is 776 Å². The van der Waals surface area contributed by atoms with E-state index in [-0.39, 0.29) is 5.41 Å².